The van der Waals surface area contributed by atoms with Crippen molar-refractivity contribution in [3.05, 3.63) is 35.2 Å². The second-order valence-corrected chi connectivity index (χ2v) is 4.86. The molecule has 2 heteroatoms. The van der Waals surface area contributed by atoms with Crippen LogP contribution in [0.15, 0.2) is 29.6 Å². The van der Waals surface area contributed by atoms with Crippen LogP contribution in [0.1, 0.15) is 17.9 Å². The molecule has 0 saturated carbocycles. The minimum absolute atomic E-state index is 0.735. The van der Waals surface area contributed by atoms with Gasteiger partial charge in [-0.05, 0) is 53.4 Å². The fraction of sp³-hybridized carbons (Fsp3) is 0.333. The highest BCUT2D eigenvalue weighted by atomic mass is 32.1. The van der Waals surface area contributed by atoms with E-state index in [0.29, 0.717) is 0 Å². The van der Waals surface area contributed by atoms with Gasteiger partial charge in [-0.3, -0.25) is 0 Å². The van der Waals surface area contributed by atoms with Crippen LogP contribution in [-0.4, -0.2) is 13.1 Å². The Kier molecular flexibility index (Phi) is 2.03. The van der Waals surface area contributed by atoms with Gasteiger partial charge in [0.15, 0.2) is 0 Å². The largest absolute Gasteiger partial charge is 0.316 e. The van der Waals surface area contributed by atoms with Crippen LogP contribution in [0.3, 0.4) is 0 Å². The molecule has 1 unspecified atom stereocenters. The molecule has 0 spiro atoms. The van der Waals surface area contributed by atoms with Gasteiger partial charge < -0.3 is 5.32 Å². The van der Waals surface area contributed by atoms with Gasteiger partial charge in [0, 0.05) is 11.2 Å². The number of hydrogen-bond donors (Lipinski definition) is 1. The van der Waals surface area contributed by atoms with E-state index in [2.05, 4.69) is 35.0 Å². The molecular weight excluding hydrogens is 190 g/mol. The summed E-state index contributed by atoms with van der Waals surface area (Å²) in [4.78, 5) is 0. The van der Waals surface area contributed by atoms with E-state index in [9.17, 15) is 0 Å². The van der Waals surface area contributed by atoms with Gasteiger partial charge in [0.2, 0.25) is 0 Å². The van der Waals surface area contributed by atoms with Crippen LogP contribution >= 0.6 is 11.3 Å². The molecule has 72 valence electrons. The Morgan fingerprint density at radius 2 is 2.29 bits per heavy atom. The normalized spacial score (nSPS) is 21.9. The van der Waals surface area contributed by atoms with E-state index < -0.39 is 0 Å². The highest BCUT2D eigenvalue weighted by Gasteiger charge is 2.16. The fourth-order valence-corrected chi connectivity index (χ4v) is 2.95. The van der Waals surface area contributed by atoms with Gasteiger partial charge in [0.25, 0.3) is 0 Å². The zero-order valence-corrected chi connectivity index (χ0v) is 8.81. The van der Waals surface area contributed by atoms with Crippen molar-refractivity contribution in [1.82, 2.24) is 5.32 Å². The van der Waals surface area contributed by atoms with Gasteiger partial charge in [0.05, 0.1) is 0 Å². The maximum atomic E-state index is 3.42. The summed E-state index contributed by atoms with van der Waals surface area (Å²) in [5, 5.41) is 6.99. The predicted molar refractivity (Wildman–Crippen MR) is 62.1 cm³/mol. The second kappa shape index (κ2) is 3.37. The highest BCUT2D eigenvalue weighted by molar-refractivity contribution is 7.17. The molecule has 3 rings (SSSR count). The van der Waals surface area contributed by atoms with Crippen LogP contribution in [-0.2, 0) is 0 Å². The van der Waals surface area contributed by atoms with E-state index in [1.807, 2.05) is 11.3 Å². The van der Waals surface area contributed by atoms with Crippen molar-refractivity contribution in [2.45, 2.75) is 12.3 Å². The molecule has 0 amide bonds. The van der Waals surface area contributed by atoms with E-state index in [1.54, 1.807) is 0 Å². The quantitative estimate of drug-likeness (QED) is 0.751. The second-order valence-electron chi connectivity index (χ2n) is 3.91. The summed E-state index contributed by atoms with van der Waals surface area (Å²) in [6, 6.07) is 9.11. The summed E-state index contributed by atoms with van der Waals surface area (Å²) in [6.45, 7) is 2.32. The van der Waals surface area contributed by atoms with Gasteiger partial charge in [-0.25, -0.2) is 0 Å². The molecule has 0 aliphatic carbocycles. The fourth-order valence-electron chi connectivity index (χ4n) is 2.18. The molecule has 0 bridgehead atoms. The van der Waals surface area contributed by atoms with Gasteiger partial charge in [-0.15, -0.1) is 11.3 Å². The molecule has 1 aliphatic rings. The molecule has 1 aromatic heterocycles. The standard InChI is InChI=1S/C12H13NS/c1-2-12-10(4-6-14-12)7-9(1)11-3-5-13-8-11/h1-2,4,6-7,11,13H,3,5,8H2. The molecule has 14 heavy (non-hydrogen) atoms. The first-order valence-electron chi connectivity index (χ1n) is 5.11. The molecular formula is C12H13NS. The third-order valence-corrected chi connectivity index (χ3v) is 3.91. The third kappa shape index (κ3) is 1.35. The molecule has 1 N–H and O–H groups in total. The molecule has 1 aromatic carbocycles. The zero-order chi connectivity index (χ0) is 9.38. The summed E-state index contributed by atoms with van der Waals surface area (Å²) in [5.74, 6) is 0.735. The van der Waals surface area contributed by atoms with E-state index in [-0.39, 0.29) is 0 Å². The Balaban J connectivity index is 2.04. The van der Waals surface area contributed by atoms with Crippen molar-refractivity contribution in [1.29, 1.82) is 0 Å². The third-order valence-electron chi connectivity index (χ3n) is 3.01. The number of hydrogen-bond acceptors (Lipinski definition) is 2. The van der Waals surface area contributed by atoms with E-state index >= 15 is 0 Å². The molecule has 0 radical (unpaired) electrons. The van der Waals surface area contributed by atoms with Crippen molar-refractivity contribution in [2.75, 3.05) is 13.1 Å². The highest BCUT2D eigenvalue weighted by Crippen LogP contribution is 2.28. The van der Waals surface area contributed by atoms with E-state index in [1.165, 1.54) is 28.6 Å². The number of fused-ring (bicyclic) bond motifs is 1. The lowest BCUT2D eigenvalue weighted by Crippen LogP contribution is -2.07. The Bertz CT molecular complexity index is 440. The van der Waals surface area contributed by atoms with Crippen LogP contribution in [0.25, 0.3) is 10.1 Å². The van der Waals surface area contributed by atoms with Crippen LogP contribution in [0.4, 0.5) is 0 Å². The SMILES string of the molecule is c1cc2cc(C3CCNC3)ccc2s1. The Labute approximate surface area is 87.8 Å². The number of benzene rings is 1. The van der Waals surface area contributed by atoms with Gasteiger partial charge in [-0.1, -0.05) is 6.07 Å². The average Bonchev–Trinajstić information content (AvgIpc) is 2.88. The van der Waals surface area contributed by atoms with Gasteiger partial charge >= 0.3 is 0 Å². The van der Waals surface area contributed by atoms with Crippen molar-refractivity contribution in [3.8, 4) is 0 Å². The monoisotopic (exact) mass is 203 g/mol. The van der Waals surface area contributed by atoms with Gasteiger partial charge in [-0.2, -0.15) is 0 Å². The molecule has 1 aliphatic heterocycles. The predicted octanol–water partition coefficient (Wildman–Crippen LogP) is 2.98. The first kappa shape index (κ1) is 8.45. The lowest BCUT2D eigenvalue weighted by molar-refractivity contribution is 0.765. The van der Waals surface area contributed by atoms with Crippen molar-refractivity contribution in [3.63, 3.8) is 0 Å². The first-order chi connectivity index (χ1) is 6.93. The maximum Gasteiger partial charge on any atom is 0.0342 e. The van der Waals surface area contributed by atoms with Gasteiger partial charge in [0.1, 0.15) is 0 Å². The molecule has 1 atom stereocenters. The smallest absolute Gasteiger partial charge is 0.0342 e. The summed E-state index contributed by atoms with van der Waals surface area (Å²) in [6.07, 6.45) is 1.29. The Morgan fingerprint density at radius 3 is 3.14 bits per heavy atom. The topological polar surface area (TPSA) is 12.0 Å². The average molecular weight is 203 g/mol. The molecule has 2 aromatic rings. The van der Waals surface area contributed by atoms with Crippen LogP contribution < -0.4 is 5.32 Å². The Hall–Kier alpha value is -0.860. The number of rotatable bonds is 1. The first-order valence-corrected chi connectivity index (χ1v) is 5.99. The molecule has 1 nitrogen and oxygen atoms in total. The van der Waals surface area contributed by atoms with Crippen LogP contribution in [0, 0.1) is 0 Å². The van der Waals surface area contributed by atoms with Crippen molar-refractivity contribution in [2.24, 2.45) is 0 Å². The summed E-state index contributed by atoms with van der Waals surface area (Å²) in [7, 11) is 0. The minimum Gasteiger partial charge on any atom is -0.316 e. The maximum absolute atomic E-state index is 3.42. The summed E-state index contributed by atoms with van der Waals surface area (Å²) in [5.41, 5.74) is 1.50. The molecule has 2 heterocycles. The van der Waals surface area contributed by atoms with E-state index in [4.69, 9.17) is 0 Å². The van der Waals surface area contributed by atoms with Crippen molar-refractivity contribution < 1.29 is 0 Å². The summed E-state index contributed by atoms with van der Waals surface area (Å²) >= 11 is 1.82. The zero-order valence-electron chi connectivity index (χ0n) is 7.99. The molecule has 1 fully saturated rings. The van der Waals surface area contributed by atoms with E-state index in [0.717, 1.165) is 12.5 Å². The number of nitrogens with one attached hydrogen (secondary N) is 1. The number of thiophene rings is 1. The van der Waals surface area contributed by atoms with Crippen LogP contribution in [0.2, 0.25) is 0 Å². The lowest BCUT2D eigenvalue weighted by Gasteiger charge is -2.08. The summed E-state index contributed by atoms with van der Waals surface area (Å²) < 4.78 is 1.40. The van der Waals surface area contributed by atoms with Crippen molar-refractivity contribution >= 4 is 21.4 Å². The van der Waals surface area contributed by atoms with Crippen LogP contribution in [0.5, 0.6) is 0 Å². The molecule has 1 saturated heterocycles. The Morgan fingerprint density at radius 1 is 1.29 bits per heavy atom. The lowest BCUT2D eigenvalue weighted by atomic mass is 9.98. The minimum atomic E-state index is 0.735.